The number of benzene rings is 1. The summed E-state index contributed by atoms with van der Waals surface area (Å²) in [6.07, 6.45) is 3.74. The smallest absolute Gasteiger partial charge is 0.240 e. The Labute approximate surface area is 156 Å². The minimum absolute atomic E-state index is 0.0328. The molecule has 2 aliphatic rings. The van der Waals surface area contributed by atoms with Crippen molar-refractivity contribution in [3.05, 3.63) is 42.0 Å². The van der Waals surface area contributed by atoms with Gasteiger partial charge in [0.25, 0.3) is 0 Å². The zero-order chi connectivity index (χ0) is 19.0. The molecule has 1 saturated carbocycles. The Morgan fingerprint density at radius 1 is 1.37 bits per heavy atom. The molecule has 1 aliphatic carbocycles. The number of nitrogens with zero attached hydrogens (tertiary/aromatic N) is 2. The second-order valence-corrected chi connectivity index (χ2v) is 6.76. The van der Waals surface area contributed by atoms with Gasteiger partial charge in [0, 0.05) is 23.4 Å². The number of hydrogen-bond acceptors (Lipinski definition) is 4. The summed E-state index contributed by atoms with van der Waals surface area (Å²) in [5.41, 5.74) is 2.42. The third-order valence-electron chi connectivity index (χ3n) is 4.65. The lowest BCUT2D eigenvalue weighted by Gasteiger charge is -2.18. The first-order valence-corrected chi connectivity index (χ1v) is 9.06. The van der Waals surface area contributed by atoms with Gasteiger partial charge in [-0.05, 0) is 44.0 Å². The van der Waals surface area contributed by atoms with Crippen LogP contribution in [0.15, 0.2) is 30.5 Å². The Kier molecular flexibility index (Phi) is 4.51. The van der Waals surface area contributed by atoms with Gasteiger partial charge in [-0.2, -0.15) is 0 Å². The molecular formula is C20H20FN3O3. The summed E-state index contributed by atoms with van der Waals surface area (Å²) in [5.74, 6) is -0.177. The number of carbonyl (C=O) groups is 2. The van der Waals surface area contributed by atoms with Crippen molar-refractivity contribution in [2.75, 3.05) is 18.1 Å². The van der Waals surface area contributed by atoms with E-state index in [4.69, 9.17) is 4.74 Å². The molecule has 1 N–H and O–H groups in total. The molecule has 0 unspecified atom stereocenters. The zero-order valence-corrected chi connectivity index (χ0v) is 15.0. The lowest BCUT2D eigenvalue weighted by atomic mass is 10.1. The summed E-state index contributed by atoms with van der Waals surface area (Å²) in [4.78, 5) is 30.3. The van der Waals surface area contributed by atoms with Crippen LogP contribution in [0, 0.1) is 5.82 Å². The summed E-state index contributed by atoms with van der Waals surface area (Å²) in [5, 5.41) is 2.89. The first-order valence-electron chi connectivity index (χ1n) is 9.06. The van der Waals surface area contributed by atoms with E-state index in [2.05, 4.69) is 10.3 Å². The predicted molar refractivity (Wildman–Crippen MR) is 98.0 cm³/mol. The minimum Gasteiger partial charge on any atom is -0.493 e. The number of halogens is 1. The van der Waals surface area contributed by atoms with Crippen molar-refractivity contribution in [3.8, 4) is 16.9 Å². The summed E-state index contributed by atoms with van der Waals surface area (Å²) in [6.45, 7) is 2.27. The third-order valence-corrected chi connectivity index (χ3v) is 4.65. The van der Waals surface area contributed by atoms with Crippen molar-refractivity contribution in [2.45, 2.75) is 32.2 Å². The van der Waals surface area contributed by atoms with Gasteiger partial charge in [-0.15, -0.1) is 0 Å². The molecule has 1 fully saturated rings. The molecule has 2 aromatic rings. The van der Waals surface area contributed by atoms with Gasteiger partial charge in [0.2, 0.25) is 11.8 Å². The number of carbonyl (C=O) groups excluding carboxylic acids is 2. The Morgan fingerprint density at radius 2 is 2.19 bits per heavy atom. The number of aromatic nitrogens is 1. The lowest BCUT2D eigenvalue weighted by molar-refractivity contribution is -0.123. The van der Waals surface area contributed by atoms with Crippen LogP contribution in [-0.2, 0) is 16.0 Å². The quantitative estimate of drug-likeness (QED) is 0.849. The number of hydrogen-bond donors (Lipinski definition) is 1. The number of ether oxygens (including phenoxy) is 1. The maximum atomic E-state index is 13.8. The van der Waals surface area contributed by atoms with Crippen molar-refractivity contribution < 1.29 is 18.7 Å². The second-order valence-electron chi connectivity index (χ2n) is 6.76. The fraction of sp³-hybridized carbons (Fsp3) is 0.350. The van der Waals surface area contributed by atoms with Crippen molar-refractivity contribution in [3.63, 3.8) is 0 Å². The monoisotopic (exact) mass is 369 g/mol. The summed E-state index contributed by atoms with van der Waals surface area (Å²) in [7, 11) is 0. The highest BCUT2D eigenvalue weighted by molar-refractivity contribution is 6.05. The Hall–Kier alpha value is -2.96. The van der Waals surface area contributed by atoms with E-state index in [0.717, 1.165) is 12.8 Å². The van der Waals surface area contributed by atoms with E-state index < -0.39 is 0 Å². The molecule has 0 atom stereocenters. The highest BCUT2D eigenvalue weighted by Gasteiger charge is 2.32. The molecule has 1 aliphatic heterocycles. The van der Waals surface area contributed by atoms with Crippen LogP contribution in [0.25, 0.3) is 11.1 Å². The van der Waals surface area contributed by atoms with Crippen molar-refractivity contribution >= 4 is 17.5 Å². The maximum absolute atomic E-state index is 13.8. The maximum Gasteiger partial charge on any atom is 0.240 e. The summed E-state index contributed by atoms with van der Waals surface area (Å²) >= 11 is 0. The van der Waals surface area contributed by atoms with Gasteiger partial charge >= 0.3 is 0 Å². The van der Waals surface area contributed by atoms with Gasteiger partial charge in [-0.25, -0.2) is 4.39 Å². The largest absolute Gasteiger partial charge is 0.493 e. The van der Waals surface area contributed by atoms with E-state index in [1.807, 2.05) is 6.92 Å². The average molecular weight is 369 g/mol. The predicted octanol–water partition coefficient (Wildman–Crippen LogP) is 2.45. The lowest BCUT2D eigenvalue weighted by Crippen LogP contribution is -2.39. The first kappa shape index (κ1) is 17.5. The van der Waals surface area contributed by atoms with Crippen LogP contribution >= 0.6 is 0 Å². The molecule has 6 nitrogen and oxygen atoms in total. The molecule has 2 amide bonds. The Bertz CT molecular complexity index is 911. The fourth-order valence-electron chi connectivity index (χ4n) is 3.20. The number of rotatable bonds is 6. The molecule has 0 bridgehead atoms. The summed E-state index contributed by atoms with van der Waals surface area (Å²) in [6, 6.07) is 6.31. The first-order chi connectivity index (χ1) is 13.0. The van der Waals surface area contributed by atoms with E-state index in [0.29, 0.717) is 34.9 Å². The highest BCUT2D eigenvalue weighted by Crippen LogP contribution is 2.36. The van der Waals surface area contributed by atoms with Gasteiger partial charge in [-0.1, -0.05) is 0 Å². The third kappa shape index (κ3) is 3.63. The highest BCUT2D eigenvalue weighted by atomic mass is 19.1. The molecule has 0 spiro atoms. The topological polar surface area (TPSA) is 71.5 Å². The normalized spacial score (nSPS) is 15.6. The fourth-order valence-corrected chi connectivity index (χ4v) is 3.20. The average Bonchev–Trinajstić information content (AvgIpc) is 3.40. The van der Waals surface area contributed by atoms with E-state index in [9.17, 15) is 14.0 Å². The minimum atomic E-state index is -0.384. The Balaban J connectivity index is 1.66. The molecule has 2 heterocycles. The van der Waals surface area contributed by atoms with Gasteiger partial charge in [0.1, 0.15) is 18.1 Å². The van der Waals surface area contributed by atoms with Crippen LogP contribution in [0.4, 0.5) is 10.1 Å². The van der Waals surface area contributed by atoms with Crippen LogP contribution in [0.5, 0.6) is 5.75 Å². The molecule has 1 aromatic heterocycles. The molecule has 0 saturated heterocycles. The molecule has 0 radical (unpaired) electrons. The summed E-state index contributed by atoms with van der Waals surface area (Å²) < 4.78 is 19.4. The van der Waals surface area contributed by atoms with Crippen LogP contribution in [0.2, 0.25) is 0 Å². The molecular weight excluding hydrogens is 349 g/mol. The van der Waals surface area contributed by atoms with Crippen LogP contribution < -0.4 is 15.0 Å². The van der Waals surface area contributed by atoms with Gasteiger partial charge in [0.15, 0.2) is 0 Å². The zero-order valence-electron chi connectivity index (χ0n) is 15.0. The van der Waals surface area contributed by atoms with E-state index >= 15 is 0 Å². The van der Waals surface area contributed by atoms with E-state index in [1.165, 1.54) is 17.0 Å². The van der Waals surface area contributed by atoms with Crippen molar-refractivity contribution in [1.82, 2.24) is 10.3 Å². The van der Waals surface area contributed by atoms with Crippen LogP contribution in [-0.4, -0.2) is 36.0 Å². The number of nitrogens with one attached hydrogen (secondary N) is 1. The van der Waals surface area contributed by atoms with Gasteiger partial charge in [-0.3, -0.25) is 14.6 Å². The van der Waals surface area contributed by atoms with Gasteiger partial charge < -0.3 is 15.0 Å². The Morgan fingerprint density at radius 3 is 2.93 bits per heavy atom. The molecule has 7 heteroatoms. The van der Waals surface area contributed by atoms with E-state index in [1.54, 1.807) is 18.3 Å². The molecule has 140 valence electrons. The standard InChI is InChI=1S/C20H20FN3O3/c1-2-27-18-6-3-13(21)8-15(18)12-7-17-16(22-10-12)9-20(26)24(17)11-19(25)23-14-4-5-14/h3,6-8,10,14H,2,4-5,9,11H2,1H3,(H,23,25). The molecule has 1 aromatic carbocycles. The second kappa shape index (κ2) is 6.98. The number of anilines is 1. The van der Waals surface area contributed by atoms with Crippen molar-refractivity contribution in [2.24, 2.45) is 0 Å². The molecule has 27 heavy (non-hydrogen) atoms. The SMILES string of the molecule is CCOc1ccc(F)cc1-c1cnc2c(c1)N(CC(=O)NC1CC1)C(=O)C2. The van der Waals surface area contributed by atoms with E-state index in [-0.39, 0.29) is 36.6 Å². The van der Waals surface area contributed by atoms with Crippen LogP contribution in [0.1, 0.15) is 25.5 Å². The van der Waals surface area contributed by atoms with Crippen molar-refractivity contribution in [1.29, 1.82) is 0 Å². The molecule has 4 rings (SSSR count). The number of pyridine rings is 1. The number of fused-ring (bicyclic) bond motifs is 1. The van der Waals surface area contributed by atoms with Crippen LogP contribution in [0.3, 0.4) is 0 Å². The number of amides is 2. The van der Waals surface area contributed by atoms with Gasteiger partial charge in [0.05, 0.1) is 24.4 Å².